The molecule has 0 unspecified atom stereocenters. The molecule has 0 aliphatic rings. The van der Waals surface area contributed by atoms with Crippen molar-refractivity contribution in [1.82, 2.24) is 0 Å². The van der Waals surface area contributed by atoms with Crippen LogP contribution in [0.4, 0.5) is 0 Å². The number of benzene rings is 2. The van der Waals surface area contributed by atoms with E-state index in [1.807, 2.05) is 0 Å². The van der Waals surface area contributed by atoms with Crippen LogP contribution in [0.25, 0.3) is 0 Å². The van der Waals surface area contributed by atoms with Crippen molar-refractivity contribution in [3.05, 3.63) is 71.1 Å². The second-order valence-electron chi connectivity index (χ2n) is 4.51. The Labute approximate surface area is 154 Å². The van der Waals surface area contributed by atoms with Gasteiger partial charge < -0.3 is 10.2 Å². The van der Waals surface area contributed by atoms with Crippen LogP contribution in [0, 0.1) is 22.7 Å². The van der Waals surface area contributed by atoms with Crippen molar-refractivity contribution >= 4 is 12.4 Å². The topological polar surface area (TPSA) is 118 Å². The van der Waals surface area contributed by atoms with Gasteiger partial charge >= 0.3 is 16.5 Å². The van der Waals surface area contributed by atoms with Gasteiger partial charge in [-0.2, -0.15) is 10.5 Å². The van der Waals surface area contributed by atoms with Crippen LogP contribution < -0.4 is 10.2 Å². The van der Waals surface area contributed by atoms with E-state index >= 15 is 0 Å². The maximum atomic E-state index is 11.6. The SMILES string of the molecule is N#C/C(N=Cc1ccccc1[O-])=C(\C#N)N=Cc1ccccc1[O-].[Ni+2]. The fourth-order valence-corrected chi connectivity index (χ4v) is 1.73. The fraction of sp³-hybridized carbons (Fsp3) is 0. The first kappa shape index (κ1) is 19.6. The van der Waals surface area contributed by atoms with Crippen molar-refractivity contribution in [2.75, 3.05) is 0 Å². The maximum Gasteiger partial charge on any atom is 2.00 e. The zero-order chi connectivity index (χ0) is 17.4. The quantitative estimate of drug-likeness (QED) is 0.460. The van der Waals surface area contributed by atoms with Crippen LogP contribution in [0.15, 0.2) is 69.9 Å². The van der Waals surface area contributed by atoms with Crippen LogP contribution in [0.3, 0.4) is 0 Å². The van der Waals surface area contributed by atoms with E-state index < -0.39 is 0 Å². The van der Waals surface area contributed by atoms with Crippen molar-refractivity contribution in [1.29, 1.82) is 10.5 Å². The van der Waals surface area contributed by atoms with Gasteiger partial charge in [0.25, 0.3) is 0 Å². The summed E-state index contributed by atoms with van der Waals surface area (Å²) in [6, 6.07) is 15.8. The molecule has 0 aliphatic carbocycles. The van der Waals surface area contributed by atoms with Gasteiger partial charge in [0.05, 0.1) is 0 Å². The summed E-state index contributed by atoms with van der Waals surface area (Å²) in [6.45, 7) is 0. The predicted molar refractivity (Wildman–Crippen MR) is 85.2 cm³/mol. The molecule has 0 spiro atoms. The third kappa shape index (κ3) is 5.32. The molecule has 0 saturated heterocycles. The van der Waals surface area contributed by atoms with Crippen LogP contribution in [0.1, 0.15) is 11.1 Å². The Kier molecular flexibility index (Phi) is 7.60. The normalized spacial score (nSPS) is 11.4. The van der Waals surface area contributed by atoms with Crippen LogP contribution in [-0.2, 0) is 16.5 Å². The van der Waals surface area contributed by atoms with Crippen molar-refractivity contribution in [2.45, 2.75) is 0 Å². The summed E-state index contributed by atoms with van der Waals surface area (Å²) in [4.78, 5) is 7.72. The molecule has 0 saturated carbocycles. The molecule has 2 aromatic carbocycles. The van der Waals surface area contributed by atoms with Crippen LogP contribution in [0.2, 0.25) is 0 Å². The first-order chi connectivity index (χ1) is 11.7. The van der Waals surface area contributed by atoms with Gasteiger partial charge in [-0.05, 0) is 11.1 Å². The summed E-state index contributed by atoms with van der Waals surface area (Å²) < 4.78 is 0. The summed E-state index contributed by atoms with van der Waals surface area (Å²) in [5, 5.41) is 41.5. The number of nitrogens with zero attached hydrogens (tertiary/aromatic N) is 4. The molecule has 0 amide bonds. The number of rotatable bonds is 4. The van der Waals surface area contributed by atoms with Gasteiger partial charge in [-0.1, -0.05) is 48.5 Å². The molecule has 0 aromatic heterocycles. The average Bonchev–Trinajstić information content (AvgIpc) is 2.60. The molecule has 2 rings (SSSR count). The van der Waals surface area contributed by atoms with E-state index in [-0.39, 0.29) is 50.5 Å². The minimum absolute atomic E-state index is 0. The van der Waals surface area contributed by atoms with E-state index in [0.29, 0.717) is 0 Å². The molecular formula is C18H10N4NiO2. The van der Waals surface area contributed by atoms with Gasteiger partial charge in [0, 0.05) is 12.4 Å². The third-order valence-electron chi connectivity index (χ3n) is 2.94. The summed E-state index contributed by atoms with van der Waals surface area (Å²) in [5.41, 5.74) is 0.0774. The number of nitriles is 2. The average molecular weight is 373 g/mol. The predicted octanol–water partition coefficient (Wildman–Crippen LogP) is 1.63. The molecule has 6 nitrogen and oxygen atoms in total. The Morgan fingerprint density at radius 1 is 0.760 bits per heavy atom. The maximum absolute atomic E-state index is 11.6. The Morgan fingerprint density at radius 3 is 1.44 bits per heavy atom. The Hall–Kier alpha value is -3.41. The van der Waals surface area contributed by atoms with Gasteiger partial charge in [0.2, 0.25) is 0 Å². The smallest absolute Gasteiger partial charge is 0.872 e. The molecule has 0 bridgehead atoms. The molecule has 0 radical (unpaired) electrons. The molecule has 0 fully saturated rings. The van der Waals surface area contributed by atoms with Crippen molar-refractivity contribution < 1.29 is 26.7 Å². The molecule has 2 aromatic rings. The molecule has 124 valence electrons. The van der Waals surface area contributed by atoms with E-state index in [1.165, 1.54) is 24.6 Å². The largest absolute Gasteiger partial charge is 2.00 e. The van der Waals surface area contributed by atoms with Gasteiger partial charge in [-0.15, -0.1) is 11.5 Å². The number of aliphatic imine (C=N–C) groups is 2. The van der Waals surface area contributed by atoms with Crippen LogP contribution >= 0.6 is 0 Å². The molecular weight excluding hydrogens is 363 g/mol. The summed E-state index contributed by atoms with van der Waals surface area (Å²) in [6.07, 6.45) is 2.41. The minimum atomic E-state index is -0.250. The van der Waals surface area contributed by atoms with E-state index in [9.17, 15) is 10.2 Å². The minimum Gasteiger partial charge on any atom is -0.872 e. The number of hydrogen-bond donors (Lipinski definition) is 0. The summed E-state index contributed by atoms with van der Waals surface area (Å²) >= 11 is 0. The second kappa shape index (κ2) is 9.67. The number of allylic oxidation sites excluding steroid dienone is 2. The van der Waals surface area contributed by atoms with E-state index in [4.69, 9.17) is 10.5 Å². The van der Waals surface area contributed by atoms with Gasteiger partial charge in [-0.3, -0.25) is 0 Å². The monoisotopic (exact) mass is 372 g/mol. The van der Waals surface area contributed by atoms with Crippen molar-refractivity contribution in [3.63, 3.8) is 0 Å². The molecule has 25 heavy (non-hydrogen) atoms. The molecule has 7 heteroatoms. The third-order valence-corrected chi connectivity index (χ3v) is 2.94. The van der Waals surface area contributed by atoms with E-state index in [1.54, 1.807) is 48.5 Å². The van der Waals surface area contributed by atoms with Crippen LogP contribution in [0.5, 0.6) is 11.5 Å². The summed E-state index contributed by atoms with van der Waals surface area (Å²) in [5.74, 6) is -0.498. The van der Waals surface area contributed by atoms with Crippen LogP contribution in [-0.4, -0.2) is 12.4 Å². The Bertz CT molecular complexity index is 846. The van der Waals surface area contributed by atoms with Gasteiger partial charge in [-0.25, -0.2) is 9.98 Å². The van der Waals surface area contributed by atoms with E-state index in [0.717, 1.165) is 0 Å². The first-order valence-electron chi connectivity index (χ1n) is 6.80. The van der Waals surface area contributed by atoms with Crippen molar-refractivity contribution in [2.24, 2.45) is 9.98 Å². The van der Waals surface area contributed by atoms with Crippen molar-refractivity contribution in [3.8, 4) is 23.6 Å². The summed E-state index contributed by atoms with van der Waals surface area (Å²) in [7, 11) is 0. The molecule has 0 atom stereocenters. The van der Waals surface area contributed by atoms with E-state index in [2.05, 4.69) is 9.98 Å². The molecule has 0 aliphatic heterocycles. The number of para-hydroxylation sites is 2. The fourth-order valence-electron chi connectivity index (χ4n) is 1.73. The zero-order valence-electron chi connectivity index (χ0n) is 12.7. The standard InChI is InChI=1S/C18H12N4O2.Ni/c19-9-15(21-11-13-5-1-3-7-17(13)23)16(10-20)22-12-14-6-2-4-8-18(14)24;/h1-8,11-12,23-24H;/q;+2/p-2/b16-15-,21-11?,22-12?;. The Morgan fingerprint density at radius 2 is 1.12 bits per heavy atom. The Balaban J connectivity index is 0.00000312. The second-order valence-corrected chi connectivity index (χ2v) is 4.51. The molecule has 0 heterocycles. The zero-order valence-corrected chi connectivity index (χ0v) is 13.7. The first-order valence-corrected chi connectivity index (χ1v) is 6.80. The molecule has 0 N–H and O–H groups in total. The van der Waals surface area contributed by atoms with Gasteiger partial charge in [0.15, 0.2) is 11.4 Å². The van der Waals surface area contributed by atoms with Gasteiger partial charge in [0.1, 0.15) is 12.1 Å². The number of hydrogen-bond acceptors (Lipinski definition) is 6.